The Kier molecular flexibility index (Phi) is 4.57. The molecule has 1 heterocycles. The molecule has 26 heavy (non-hydrogen) atoms. The van der Waals surface area contributed by atoms with Crippen LogP contribution in [0.4, 0.5) is 20.3 Å². The molecule has 0 spiro atoms. The van der Waals surface area contributed by atoms with Crippen molar-refractivity contribution in [2.24, 2.45) is 5.92 Å². The minimum absolute atomic E-state index is 0.0883. The molecular formula is C20H21F2N3O. The number of benzene rings is 1. The van der Waals surface area contributed by atoms with Crippen molar-refractivity contribution < 1.29 is 13.6 Å². The lowest BCUT2D eigenvalue weighted by Crippen LogP contribution is -2.32. The standard InChI is InChI=1S/C20H21F2N3O/c21-14-6-15(22)8-16(7-14)25-19-9-17(13-4-5-13)18(11-23-19)20(26)24-10-12-2-1-3-12/h6-9,11-13H,1-5,10H2,(H,23,25)(H,24,26). The minimum Gasteiger partial charge on any atom is -0.352 e. The summed E-state index contributed by atoms with van der Waals surface area (Å²) < 4.78 is 26.7. The highest BCUT2D eigenvalue weighted by Gasteiger charge is 2.29. The molecule has 136 valence electrons. The smallest absolute Gasteiger partial charge is 0.253 e. The summed E-state index contributed by atoms with van der Waals surface area (Å²) >= 11 is 0. The van der Waals surface area contributed by atoms with Crippen LogP contribution < -0.4 is 10.6 Å². The van der Waals surface area contributed by atoms with Gasteiger partial charge in [-0.15, -0.1) is 0 Å². The zero-order valence-corrected chi connectivity index (χ0v) is 14.4. The number of halogens is 2. The van der Waals surface area contributed by atoms with Gasteiger partial charge in [0.05, 0.1) is 5.56 Å². The van der Waals surface area contributed by atoms with E-state index in [9.17, 15) is 13.6 Å². The van der Waals surface area contributed by atoms with E-state index >= 15 is 0 Å². The maximum Gasteiger partial charge on any atom is 0.253 e. The number of anilines is 2. The molecule has 2 fully saturated rings. The Labute approximate surface area is 151 Å². The van der Waals surface area contributed by atoms with Crippen LogP contribution in [0.2, 0.25) is 0 Å². The fourth-order valence-electron chi connectivity index (χ4n) is 3.26. The van der Waals surface area contributed by atoms with Crippen LogP contribution in [0.1, 0.15) is 53.9 Å². The molecule has 2 saturated carbocycles. The van der Waals surface area contributed by atoms with Crippen molar-refractivity contribution in [1.29, 1.82) is 0 Å². The Balaban J connectivity index is 1.52. The number of nitrogens with zero attached hydrogens (tertiary/aromatic N) is 1. The highest BCUT2D eigenvalue weighted by atomic mass is 19.1. The summed E-state index contributed by atoms with van der Waals surface area (Å²) in [5, 5.41) is 5.93. The molecule has 2 aromatic rings. The molecule has 4 rings (SSSR count). The van der Waals surface area contributed by atoms with Crippen molar-refractivity contribution in [2.45, 2.75) is 38.0 Å². The van der Waals surface area contributed by atoms with Crippen molar-refractivity contribution in [1.82, 2.24) is 10.3 Å². The first-order valence-corrected chi connectivity index (χ1v) is 9.10. The molecule has 0 aliphatic heterocycles. The van der Waals surface area contributed by atoms with Gasteiger partial charge in [-0.05, 0) is 61.3 Å². The second-order valence-corrected chi connectivity index (χ2v) is 7.22. The van der Waals surface area contributed by atoms with Gasteiger partial charge in [0, 0.05) is 24.5 Å². The van der Waals surface area contributed by atoms with E-state index in [2.05, 4.69) is 15.6 Å². The molecule has 0 bridgehead atoms. The molecule has 2 aliphatic carbocycles. The number of carbonyl (C=O) groups is 1. The Morgan fingerprint density at radius 1 is 1.08 bits per heavy atom. The fourth-order valence-corrected chi connectivity index (χ4v) is 3.26. The molecule has 0 saturated heterocycles. The molecule has 1 aromatic carbocycles. The SMILES string of the molecule is O=C(NCC1CCC1)c1cnc(Nc2cc(F)cc(F)c2)cc1C1CC1. The van der Waals surface area contributed by atoms with E-state index in [0.717, 1.165) is 24.5 Å². The van der Waals surface area contributed by atoms with Crippen molar-refractivity contribution in [3.63, 3.8) is 0 Å². The number of hydrogen-bond acceptors (Lipinski definition) is 3. The summed E-state index contributed by atoms with van der Waals surface area (Å²) in [6, 6.07) is 5.06. The van der Waals surface area contributed by atoms with Gasteiger partial charge in [-0.1, -0.05) is 6.42 Å². The first kappa shape index (κ1) is 16.9. The fraction of sp³-hybridized carbons (Fsp3) is 0.400. The topological polar surface area (TPSA) is 54.0 Å². The third kappa shape index (κ3) is 3.84. The molecule has 1 amide bonds. The number of aromatic nitrogens is 1. The van der Waals surface area contributed by atoms with E-state index in [-0.39, 0.29) is 5.91 Å². The van der Waals surface area contributed by atoms with Gasteiger partial charge in [-0.2, -0.15) is 0 Å². The van der Waals surface area contributed by atoms with E-state index in [1.165, 1.54) is 31.4 Å². The van der Waals surface area contributed by atoms with Crippen LogP contribution in [0, 0.1) is 17.6 Å². The Morgan fingerprint density at radius 2 is 1.81 bits per heavy atom. The molecule has 1 aromatic heterocycles. The molecule has 0 radical (unpaired) electrons. The van der Waals surface area contributed by atoms with Crippen LogP contribution in [-0.2, 0) is 0 Å². The van der Waals surface area contributed by atoms with Crippen LogP contribution in [0.3, 0.4) is 0 Å². The summed E-state index contributed by atoms with van der Waals surface area (Å²) in [4.78, 5) is 16.8. The predicted octanol–water partition coefficient (Wildman–Crippen LogP) is 4.51. The van der Waals surface area contributed by atoms with Gasteiger partial charge in [0.25, 0.3) is 5.91 Å². The molecule has 6 heteroatoms. The summed E-state index contributed by atoms with van der Waals surface area (Å²) in [5.41, 5.74) is 1.84. The van der Waals surface area contributed by atoms with E-state index in [1.54, 1.807) is 6.20 Å². The maximum absolute atomic E-state index is 13.3. The third-order valence-corrected chi connectivity index (χ3v) is 5.11. The van der Waals surface area contributed by atoms with Crippen molar-refractivity contribution in [2.75, 3.05) is 11.9 Å². The largest absolute Gasteiger partial charge is 0.352 e. The Morgan fingerprint density at radius 3 is 2.42 bits per heavy atom. The van der Waals surface area contributed by atoms with E-state index < -0.39 is 11.6 Å². The minimum atomic E-state index is -0.651. The predicted molar refractivity (Wildman–Crippen MR) is 95.5 cm³/mol. The van der Waals surface area contributed by atoms with Crippen LogP contribution >= 0.6 is 0 Å². The lowest BCUT2D eigenvalue weighted by atomic mass is 9.85. The summed E-state index contributed by atoms with van der Waals surface area (Å²) in [5.74, 6) is 0.0401. The van der Waals surface area contributed by atoms with Crippen LogP contribution in [0.15, 0.2) is 30.5 Å². The van der Waals surface area contributed by atoms with Crippen LogP contribution in [-0.4, -0.2) is 17.4 Å². The Bertz CT molecular complexity index is 812. The molecule has 2 aliphatic rings. The average molecular weight is 357 g/mol. The van der Waals surface area contributed by atoms with Crippen molar-refractivity contribution >= 4 is 17.4 Å². The van der Waals surface area contributed by atoms with Crippen molar-refractivity contribution in [3.05, 3.63) is 53.2 Å². The molecule has 4 nitrogen and oxygen atoms in total. The quantitative estimate of drug-likeness (QED) is 0.800. The number of nitrogens with one attached hydrogen (secondary N) is 2. The zero-order chi connectivity index (χ0) is 18.1. The summed E-state index contributed by atoms with van der Waals surface area (Å²) in [6.07, 6.45) is 7.25. The second-order valence-electron chi connectivity index (χ2n) is 7.22. The first-order chi connectivity index (χ1) is 12.6. The summed E-state index contributed by atoms with van der Waals surface area (Å²) in [6.45, 7) is 0.714. The third-order valence-electron chi connectivity index (χ3n) is 5.11. The number of pyridine rings is 1. The van der Waals surface area contributed by atoms with Gasteiger partial charge in [0.2, 0.25) is 0 Å². The second kappa shape index (κ2) is 7.02. The number of amides is 1. The molecule has 0 atom stereocenters. The normalized spacial score (nSPS) is 16.8. The van der Waals surface area contributed by atoms with Gasteiger partial charge < -0.3 is 10.6 Å². The van der Waals surface area contributed by atoms with Gasteiger partial charge in [-0.3, -0.25) is 4.79 Å². The molecule has 2 N–H and O–H groups in total. The number of hydrogen-bond donors (Lipinski definition) is 2. The highest BCUT2D eigenvalue weighted by molar-refractivity contribution is 5.96. The molecule has 0 unspecified atom stereocenters. The number of rotatable bonds is 6. The highest BCUT2D eigenvalue weighted by Crippen LogP contribution is 2.42. The van der Waals surface area contributed by atoms with Gasteiger partial charge >= 0.3 is 0 Å². The van der Waals surface area contributed by atoms with Crippen molar-refractivity contribution in [3.8, 4) is 0 Å². The van der Waals surface area contributed by atoms with E-state index in [1.807, 2.05) is 6.07 Å². The zero-order valence-electron chi connectivity index (χ0n) is 14.4. The average Bonchev–Trinajstić information content (AvgIpc) is 3.37. The Hall–Kier alpha value is -2.50. The lowest BCUT2D eigenvalue weighted by molar-refractivity contribution is 0.0937. The monoisotopic (exact) mass is 357 g/mol. The summed E-state index contributed by atoms with van der Waals surface area (Å²) in [7, 11) is 0. The number of carbonyl (C=O) groups excluding carboxylic acids is 1. The van der Waals surface area contributed by atoms with Gasteiger partial charge in [-0.25, -0.2) is 13.8 Å². The van der Waals surface area contributed by atoms with Gasteiger partial charge in [0.15, 0.2) is 0 Å². The van der Waals surface area contributed by atoms with E-state index in [4.69, 9.17) is 0 Å². The maximum atomic E-state index is 13.3. The van der Waals surface area contributed by atoms with E-state index in [0.29, 0.717) is 35.4 Å². The van der Waals surface area contributed by atoms with Crippen LogP contribution in [0.5, 0.6) is 0 Å². The molecular weight excluding hydrogens is 336 g/mol. The lowest BCUT2D eigenvalue weighted by Gasteiger charge is -2.25. The van der Waals surface area contributed by atoms with Gasteiger partial charge in [0.1, 0.15) is 17.5 Å². The first-order valence-electron chi connectivity index (χ1n) is 9.10. The van der Waals surface area contributed by atoms with Crippen LogP contribution in [0.25, 0.3) is 0 Å².